The van der Waals surface area contributed by atoms with E-state index in [1.54, 1.807) is 10.7 Å². The molecule has 3 heterocycles. The number of pyridine rings is 1. The molecule has 0 aromatic carbocycles. The van der Waals surface area contributed by atoms with Crippen LogP contribution in [0.1, 0.15) is 36.5 Å². The topological polar surface area (TPSA) is 49.6 Å². The maximum atomic E-state index is 13.0. The van der Waals surface area contributed by atoms with Gasteiger partial charge in [0, 0.05) is 25.3 Å². The number of amides is 1. The van der Waals surface area contributed by atoms with E-state index in [4.69, 9.17) is 0 Å². The second-order valence-electron chi connectivity index (χ2n) is 5.59. The van der Waals surface area contributed by atoms with Gasteiger partial charge in [-0.15, -0.1) is 0 Å². The summed E-state index contributed by atoms with van der Waals surface area (Å²) >= 11 is 0. The average molecular weight is 286 g/mol. The van der Waals surface area contributed by atoms with Crippen molar-refractivity contribution in [3.05, 3.63) is 36.2 Å². The Bertz CT molecular complexity index is 616. The molecule has 1 amide bonds. The van der Waals surface area contributed by atoms with Gasteiger partial charge in [0.25, 0.3) is 5.91 Å². The van der Waals surface area contributed by atoms with Gasteiger partial charge in [-0.3, -0.25) is 4.79 Å². The molecule has 112 valence electrons. The largest absolute Gasteiger partial charge is 0.334 e. The van der Waals surface area contributed by atoms with E-state index < -0.39 is 0 Å². The van der Waals surface area contributed by atoms with E-state index in [0.29, 0.717) is 11.6 Å². The molecule has 1 atom stereocenters. The molecule has 2 aromatic rings. The van der Waals surface area contributed by atoms with Gasteiger partial charge in [0.05, 0.1) is 17.3 Å². The minimum absolute atomic E-state index is 0.103. The summed E-state index contributed by atoms with van der Waals surface area (Å²) in [4.78, 5) is 15.0. The standard InChI is InChI=1S/C16H22N4O/c1-2-9-19(13-6-5-8-17-11-13)16(21)14-12-18-20-10-4-3-7-15(14)20/h3-4,7,10,12-13,17H,2,5-6,8-9,11H2,1H3. The van der Waals surface area contributed by atoms with E-state index in [0.717, 1.165) is 44.4 Å². The summed E-state index contributed by atoms with van der Waals surface area (Å²) in [5, 5.41) is 7.68. The molecule has 1 aliphatic heterocycles. The molecule has 21 heavy (non-hydrogen) atoms. The number of nitrogens with zero attached hydrogens (tertiary/aromatic N) is 3. The Morgan fingerprint density at radius 3 is 3.19 bits per heavy atom. The molecular weight excluding hydrogens is 264 g/mol. The number of hydrogen-bond donors (Lipinski definition) is 1. The third-order valence-electron chi connectivity index (χ3n) is 4.09. The number of aromatic nitrogens is 2. The molecule has 1 aliphatic rings. The highest BCUT2D eigenvalue weighted by molar-refractivity contribution is 6.00. The van der Waals surface area contributed by atoms with Crippen molar-refractivity contribution in [2.75, 3.05) is 19.6 Å². The Balaban J connectivity index is 1.89. The second-order valence-corrected chi connectivity index (χ2v) is 5.59. The van der Waals surface area contributed by atoms with Crippen molar-refractivity contribution in [2.45, 2.75) is 32.2 Å². The average Bonchev–Trinajstić information content (AvgIpc) is 2.97. The van der Waals surface area contributed by atoms with Crippen molar-refractivity contribution in [1.29, 1.82) is 0 Å². The van der Waals surface area contributed by atoms with Crippen molar-refractivity contribution in [2.24, 2.45) is 0 Å². The molecule has 1 saturated heterocycles. The summed E-state index contributed by atoms with van der Waals surface area (Å²) in [5.74, 6) is 0.103. The minimum Gasteiger partial charge on any atom is -0.334 e. The molecule has 1 fully saturated rings. The Labute approximate surface area is 124 Å². The van der Waals surface area contributed by atoms with Crippen LogP contribution < -0.4 is 5.32 Å². The van der Waals surface area contributed by atoms with Crippen LogP contribution in [-0.4, -0.2) is 46.1 Å². The van der Waals surface area contributed by atoms with Gasteiger partial charge < -0.3 is 10.2 Å². The lowest BCUT2D eigenvalue weighted by molar-refractivity contribution is 0.0651. The van der Waals surface area contributed by atoms with E-state index >= 15 is 0 Å². The smallest absolute Gasteiger partial charge is 0.257 e. The van der Waals surface area contributed by atoms with Crippen LogP contribution in [-0.2, 0) is 0 Å². The summed E-state index contributed by atoms with van der Waals surface area (Å²) < 4.78 is 1.76. The Morgan fingerprint density at radius 1 is 1.52 bits per heavy atom. The fraction of sp³-hybridized carbons (Fsp3) is 0.500. The van der Waals surface area contributed by atoms with Crippen molar-refractivity contribution < 1.29 is 4.79 Å². The first-order valence-electron chi connectivity index (χ1n) is 7.75. The van der Waals surface area contributed by atoms with E-state index in [9.17, 15) is 4.79 Å². The Kier molecular flexibility index (Phi) is 4.20. The number of carbonyl (C=O) groups excluding carboxylic acids is 1. The van der Waals surface area contributed by atoms with E-state index in [1.807, 2.05) is 29.3 Å². The predicted octanol–water partition coefficient (Wildman–Crippen LogP) is 1.94. The molecule has 0 saturated carbocycles. The Hall–Kier alpha value is -1.88. The molecule has 0 spiro atoms. The van der Waals surface area contributed by atoms with Crippen molar-refractivity contribution >= 4 is 11.4 Å². The van der Waals surface area contributed by atoms with Gasteiger partial charge in [-0.1, -0.05) is 13.0 Å². The van der Waals surface area contributed by atoms with Crippen LogP contribution in [0, 0.1) is 0 Å². The van der Waals surface area contributed by atoms with Gasteiger partial charge in [0.2, 0.25) is 0 Å². The lowest BCUT2D eigenvalue weighted by Crippen LogP contribution is -2.49. The molecule has 5 heteroatoms. The number of rotatable bonds is 4. The van der Waals surface area contributed by atoms with Crippen LogP contribution in [0.5, 0.6) is 0 Å². The van der Waals surface area contributed by atoms with Gasteiger partial charge in [-0.25, -0.2) is 4.52 Å². The summed E-state index contributed by atoms with van der Waals surface area (Å²) in [5.41, 5.74) is 1.59. The van der Waals surface area contributed by atoms with Gasteiger partial charge in [-0.2, -0.15) is 5.10 Å². The number of fused-ring (bicyclic) bond motifs is 1. The normalized spacial score (nSPS) is 18.8. The van der Waals surface area contributed by atoms with Gasteiger partial charge in [0.15, 0.2) is 0 Å². The van der Waals surface area contributed by atoms with E-state index in [-0.39, 0.29) is 5.91 Å². The lowest BCUT2D eigenvalue weighted by Gasteiger charge is -2.34. The Morgan fingerprint density at radius 2 is 2.43 bits per heavy atom. The van der Waals surface area contributed by atoms with Crippen LogP contribution in [0.4, 0.5) is 0 Å². The molecule has 2 aromatic heterocycles. The number of nitrogens with one attached hydrogen (secondary N) is 1. The summed E-state index contributed by atoms with van der Waals surface area (Å²) in [7, 11) is 0. The first-order chi connectivity index (χ1) is 10.3. The van der Waals surface area contributed by atoms with Gasteiger partial charge in [0.1, 0.15) is 0 Å². The lowest BCUT2D eigenvalue weighted by atomic mass is 10.0. The SMILES string of the molecule is CCCN(C(=O)c1cnn2ccccc12)C1CCCNC1. The van der Waals surface area contributed by atoms with Crippen molar-refractivity contribution in [3.8, 4) is 0 Å². The third kappa shape index (κ3) is 2.78. The fourth-order valence-electron chi connectivity index (χ4n) is 3.04. The van der Waals surface area contributed by atoms with Crippen LogP contribution in [0.15, 0.2) is 30.6 Å². The molecule has 3 rings (SSSR count). The van der Waals surface area contributed by atoms with Gasteiger partial charge in [-0.05, 0) is 37.9 Å². The third-order valence-corrected chi connectivity index (χ3v) is 4.09. The molecule has 1 unspecified atom stereocenters. The molecule has 0 aliphatic carbocycles. The summed E-state index contributed by atoms with van der Waals surface area (Å²) in [6.45, 7) is 4.87. The quantitative estimate of drug-likeness (QED) is 0.934. The highest BCUT2D eigenvalue weighted by Gasteiger charge is 2.27. The van der Waals surface area contributed by atoms with Gasteiger partial charge >= 0.3 is 0 Å². The molecule has 5 nitrogen and oxygen atoms in total. The molecular formula is C16H22N4O. The predicted molar refractivity (Wildman–Crippen MR) is 82.4 cm³/mol. The molecule has 0 radical (unpaired) electrons. The van der Waals surface area contributed by atoms with Crippen LogP contribution in [0.3, 0.4) is 0 Å². The first-order valence-corrected chi connectivity index (χ1v) is 7.75. The fourth-order valence-corrected chi connectivity index (χ4v) is 3.04. The number of hydrogen-bond acceptors (Lipinski definition) is 3. The maximum absolute atomic E-state index is 13.0. The second kappa shape index (κ2) is 6.26. The maximum Gasteiger partial charge on any atom is 0.257 e. The van der Waals surface area contributed by atoms with Crippen LogP contribution in [0.2, 0.25) is 0 Å². The van der Waals surface area contributed by atoms with E-state index in [2.05, 4.69) is 17.3 Å². The number of carbonyl (C=O) groups is 1. The zero-order chi connectivity index (χ0) is 14.7. The minimum atomic E-state index is 0.103. The zero-order valence-corrected chi connectivity index (χ0v) is 12.5. The van der Waals surface area contributed by atoms with Crippen molar-refractivity contribution in [3.63, 3.8) is 0 Å². The highest BCUT2D eigenvalue weighted by Crippen LogP contribution is 2.18. The zero-order valence-electron chi connectivity index (χ0n) is 12.5. The summed E-state index contributed by atoms with van der Waals surface area (Å²) in [6.07, 6.45) is 6.75. The van der Waals surface area contributed by atoms with Crippen LogP contribution in [0.25, 0.3) is 5.52 Å². The number of piperidine rings is 1. The summed E-state index contributed by atoms with van der Waals surface area (Å²) in [6, 6.07) is 6.11. The van der Waals surface area contributed by atoms with Crippen LogP contribution >= 0.6 is 0 Å². The van der Waals surface area contributed by atoms with Crippen molar-refractivity contribution in [1.82, 2.24) is 19.8 Å². The van der Waals surface area contributed by atoms with E-state index in [1.165, 1.54) is 0 Å². The molecule has 1 N–H and O–H groups in total. The molecule has 0 bridgehead atoms. The highest BCUT2D eigenvalue weighted by atomic mass is 16.2. The first kappa shape index (κ1) is 14.1. The monoisotopic (exact) mass is 286 g/mol.